The zero-order valence-corrected chi connectivity index (χ0v) is 20.7. The molecule has 0 aliphatic heterocycles. The smallest absolute Gasteiger partial charge is 0.396 e. The molecule has 3 aromatic rings. The number of nitrogens with zero attached hydrogens (tertiary/aromatic N) is 2. The lowest BCUT2D eigenvalue weighted by molar-refractivity contribution is -0.788. The van der Waals surface area contributed by atoms with E-state index in [-0.39, 0.29) is 42.2 Å². The molecule has 4 N–H and O–H groups in total. The van der Waals surface area contributed by atoms with Gasteiger partial charge < -0.3 is 15.7 Å². The molecule has 1 heterocycles. The van der Waals surface area contributed by atoms with E-state index in [0.717, 1.165) is 48.9 Å². The number of amides is 3. The van der Waals surface area contributed by atoms with Crippen molar-refractivity contribution in [2.75, 3.05) is 22.6 Å². The molecule has 1 fully saturated rings. The Kier molecular flexibility index (Phi) is 8.30. The topological polar surface area (TPSA) is 120 Å². The molecule has 1 unspecified atom stereocenters. The van der Waals surface area contributed by atoms with Crippen LogP contribution in [0.25, 0.3) is 0 Å². The van der Waals surface area contributed by atoms with E-state index in [4.69, 9.17) is 4.52 Å². The average Bonchev–Trinajstić information content (AvgIpc) is 3.33. The summed E-state index contributed by atoms with van der Waals surface area (Å²) in [6, 6.07) is 9.19. The highest BCUT2D eigenvalue weighted by atomic mass is 19.4. The molecular formula is C26H29F3N5O4+. The van der Waals surface area contributed by atoms with E-state index in [1.54, 1.807) is 16.8 Å². The number of carbonyl (C=O) groups is 2. The van der Waals surface area contributed by atoms with Gasteiger partial charge in [0.05, 0.1) is 12.0 Å². The van der Waals surface area contributed by atoms with Crippen LogP contribution in [0.3, 0.4) is 0 Å². The van der Waals surface area contributed by atoms with Crippen LogP contribution in [0.1, 0.15) is 48.4 Å². The summed E-state index contributed by atoms with van der Waals surface area (Å²) in [7, 11) is 0. The standard InChI is InChI=1S/C26H28F3N5O4/c1-16-5-2-3-7-18(16)10-23(36)30-20-11-19(26(27,28)29)12-21(13-20)31-25(37)32-24-14-34(33-38-24)22-8-4-6-17(9-22)15-35/h2-3,5,7,11-14,17,22,35H,4,6,8-10,15H2,1H3,(H2-,30,31,32,33,36,37)/p+1/t17?,22-/m1/s1. The largest absolute Gasteiger partial charge is 0.416 e. The van der Waals surface area contributed by atoms with E-state index < -0.39 is 23.7 Å². The second-order valence-electron chi connectivity index (χ2n) is 9.44. The molecule has 12 heteroatoms. The molecule has 0 spiro atoms. The van der Waals surface area contributed by atoms with E-state index in [2.05, 4.69) is 21.2 Å². The molecule has 2 aromatic carbocycles. The molecule has 2 atom stereocenters. The van der Waals surface area contributed by atoms with Crippen LogP contribution in [0, 0.1) is 12.8 Å². The Morgan fingerprint density at radius 3 is 2.55 bits per heavy atom. The van der Waals surface area contributed by atoms with Crippen LogP contribution in [-0.2, 0) is 17.4 Å². The maximum Gasteiger partial charge on any atom is 0.416 e. The van der Waals surface area contributed by atoms with E-state index in [1.165, 1.54) is 12.3 Å². The molecule has 4 rings (SSSR count). The summed E-state index contributed by atoms with van der Waals surface area (Å²) in [5, 5.41) is 20.6. The second kappa shape index (κ2) is 11.6. The van der Waals surface area contributed by atoms with Crippen LogP contribution in [0.4, 0.5) is 35.2 Å². The maximum atomic E-state index is 13.5. The zero-order chi connectivity index (χ0) is 27.3. The summed E-state index contributed by atoms with van der Waals surface area (Å²) in [6.45, 7) is 1.93. The number of hydrogen-bond donors (Lipinski definition) is 4. The zero-order valence-electron chi connectivity index (χ0n) is 20.7. The van der Waals surface area contributed by atoms with Crippen molar-refractivity contribution in [3.8, 4) is 0 Å². The van der Waals surface area contributed by atoms with E-state index in [0.29, 0.717) is 0 Å². The Balaban J connectivity index is 1.43. The molecule has 3 amide bonds. The van der Waals surface area contributed by atoms with Gasteiger partial charge in [0.25, 0.3) is 6.20 Å². The van der Waals surface area contributed by atoms with Crippen LogP contribution in [0.15, 0.2) is 53.2 Å². The third-order valence-electron chi connectivity index (χ3n) is 6.52. The number of nitrogens with one attached hydrogen (secondary N) is 3. The number of aryl methyl sites for hydroxylation is 1. The first-order valence-corrected chi connectivity index (χ1v) is 12.2. The first-order chi connectivity index (χ1) is 18.1. The fourth-order valence-corrected chi connectivity index (χ4v) is 4.55. The average molecular weight is 533 g/mol. The lowest BCUT2D eigenvalue weighted by Gasteiger charge is -2.21. The third-order valence-corrected chi connectivity index (χ3v) is 6.52. The lowest BCUT2D eigenvalue weighted by Crippen LogP contribution is -2.43. The summed E-state index contributed by atoms with van der Waals surface area (Å²) < 4.78 is 47.3. The molecule has 1 aliphatic carbocycles. The summed E-state index contributed by atoms with van der Waals surface area (Å²) in [4.78, 5) is 25.0. The van der Waals surface area contributed by atoms with Crippen molar-refractivity contribution >= 4 is 29.2 Å². The summed E-state index contributed by atoms with van der Waals surface area (Å²) in [5.41, 5.74) is 0.320. The number of rotatable bonds is 7. The van der Waals surface area contributed by atoms with Gasteiger partial charge in [-0.15, -0.1) is 0 Å². The quantitative estimate of drug-likeness (QED) is 0.325. The highest BCUT2D eigenvalue weighted by Crippen LogP contribution is 2.34. The van der Waals surface area contributed by atoms with Crippen LogP contribution in [0.2, 0.25) is 0 Å². The predicted octanol–water partition coefficient (Wildman–Crippen LogP) is 4.84. The fourth-order valence-electron chi connectivity index (χ4n) is 4.55. The summed E-state index contributed by atoms with van der Waals surface area (Å²) in [5.74, 6) is -0.316. The predicted molar refractivity (Wildman–Crippen MR) is 132 cm³/mol. The first-order valence-electron chi connectivity index (χ1n) is 12.2. The van der Waals surface area contributed by atoms with Crippen molar-refractivity contribution in [3.63, 3.8) is 0 Å². The van der Waals surface area contributed by atoms with Gasteiger partial charge >= 0.3 is 18.1 Å². The van der Waals surface area contributed by atoms with Gasteiger partial charge in [-0.1, -0.05) is 24.3 Å². The Bertz CT molecular complexity index is 1290. The first kappa shape index (κ1) is 27.1. The normalized spacial score (nSPS) is 17.6. The summed E-state index contributed by atoms with van der Waals surface area (Å²) >= 11 is 0. The van der Waals surface area contributed by atoms with Gasteiger partial charge in [-0.05, 0) is 59.7 Å². The van der Waals surface area contributed by atoms with Crippen LogP contribution in [-0.4, -0.2) is 28.9 Å². The number of aliphatic hydroxyl groups excluding tert-OH is 1. The molecule has 1 aromatic heterocycles. The molecular weight excluding hydrogens is 503 g/mol. The van der Waals surface area contributed by atoms with Gasteiger partial charge in [-0.3, -0.25) is 14.6 Å². The number of aromatic nitrogens is 2. The number of alkyl halides is 3. The summed E-state index contributed by atoms with van der Waals surface area (Å²) in [6.07, 6.45) is 0.212. The minimum atomic E-state index is -4.70. The van der Waals surface area contributed by atoms with E-state index >= 15 is 0 Å². The van der Waals surface area contributed by atoms with E-state index in [9.17, 15) is 27.9 Å². The van der Waals surface area contributed by atoms with Gasteiger partial charge in [0.1, 0.15) is 0 Å². The molecule has 38 heavy (non-hydrogen) atoms. The molecule has 0 radical (unpaired) electrons. The Morgan fingerprint density at radius 1 is 1.11 bits per heavy atom. The van der Waals surface area contributed by atoms with Crippen molar-refractivity contribution < 1.29 is 37.1 Å². The molecule has 1 aliphatic rings. The van der Waals surface area contributed by atoms with Gasteiger partial charge in [-0.2, -0.15) is 13.2 Å². The number of benzene rings is 2. The van der Waals surface area contributed by atoms with Crippen LogP contribution < -0.4 is 20.6 Å². The van der Waals surface area contributed by atoms with Gasteiger partial charge in [0, 0.05) is 30.8 Å². The monoisotopic (exact) mass is 532 g/mol. The maximum absolute atomic E-state index is 13.5. The number of aliphatic hydroxyl groups is 1. The molecule has 202 valence electrons. The number of hydrogen-bond acceptors (Lipinski definition) is 5. The van der Waals surface area contributed by atoms with Gasteiger partial charge in [-0.25, -0.2) is 4.79 Å². The fraction of sp³-hybridized carbons (Fsp3) is 0.385. The molecule has 1 saturated carbocycles. The van der Waals surface area contributed by atoms with E-state index in [1.807, 2.05) is 19.1 Å². The van der Waals surface area contributed by atoms with Gasteiger partial charge in [0.2, 0.25) is 11.2 Å². The van der Waals surface area contributed by atoms with Crippen molar-refractivity contribution in [1.82, 2.24) is 5.27 Å². The van der Waals surface area contributed by atoms with Crippen LogP contribution in [0.5, 0.6) is 0 Å². The number of carbonyl (C=O) groups excluding carboxylic acids is 2. The molecule has 9 nitrogen and oxygen atoms in total. The van der Waals surface area contributed by atoms with Crippen molar-refractivity contribution in [3.05, 3.63) is 65.4 Å². The van der Waals surface area contributed by atoms with Crippen molar-refractivity contribution in [1.29, 1.82) is 0 Å². The van der Waals surface area contributed by atoms with Crippen molar-refractivity contribution in [2.24, 2.45) is 5.92 Å². The number of anilines is 3. The number of halogens is 3. The second-order valence-corrected chi connectivity index (χ2v) is 9.44. The van der Waals surface area contributed by atoms with Crippen molar-refractivity contribution in [2.45, 2.75) is 51.2 Å². The Hall–Kier alpha value is -3.93. The highest BCUT2D eigenvalue weighted by Gasteiger charge is 2.33. The Morgan fingerprint density at radius 2 is 1.84 bits per heavy atom. The van der Waals surface area contributed by atoms with Crippen LogP contribution >= 0.6 is 0 Å². The highest BCUT2D eigenvalue weighted by molar-refractivity contribution is 6.00. The number of urea groups is 1. The molecule has 0 saturated heterocycles. The minimum absolute atomic E-state index is 0.00681. The SMILES string of the molecule is Cc1ccccc1CC(=O)Nc1cc(NC(=O)Nc2c[n+]([C@@H]3CCCC(CO)C3)no2)cc(C(F)(F)F)c1. The lowest BCUT2D eigenvalue weighted by atomic mass is 9.86. The Labute approximate surface area is 217 Å². The molecule has 0 bridgehead atoms. The van der Waals surface area contributed by atoms with Gasteiger partial charge in [0.15, 0.2) is 6.04 Å². The minimum Gasteiger partial charge on any atom is -0.396 e. The third kappa shape index (κ3) is 7.09.